The number of likely N-dealkylation sites (N-methyl/N-ethyl adjacent to an activating group) is 1. The van der Waals surface area contributed by atoms with Gasteiger partial charge in [-0.05, 0) is 30.3 Å². The first kappa shape index (κ1) is 22.0. The van der Waals surface area contributed by atoms with Crippen molar-refractivity contribution in [2.24, 2.45) is 0 Å². The Kier molecular flexibility index (Phi) is 6.63. The van der Waals surface area contributed by atoms with Crippen LogP contribution in [0.4, 0.5) is 5.82 Å². The fraction of sp³-hybridized carbons (Fsp3) is 0.261. The molecule has 2 heterocycles. The smallest absolute Gasteiger partial charge is 0.272 e. The molecule has 0 saturated carbocycles. The van der Waals surface area contributed by atoms with Crippen molar-refractivity contribution in [3.05, 3.63) is 64.8 Å². The van der Waals surface area contributed by atoms with Crippen molar-refractivity contribution in [2.45, 2.75) is 12.8 Å². The summed E-state index contributed by atoms with van der Waals surface area (Å²) in [5.74, 6) is 2.15. The van der Waals surface area contributed by atoms with Gasteiger partial charge in [-0.2, -0.15) is 10.1 Å². The Hall–Kier alpha value is -4.21. The summed E-state index contributed by atoms with van der Waals surface area (Å²) in [6.45, 7) is 0.947. The second-order valence-electron chi connectivity index (χ2n) is 7.43. The number of ether oxygens (including phenoxy) is 1. The SMILES string of the molecule is COc1ccc(-c2noc(CCC(=O)N(C)CCNc3n[nH]c(=O)c4ccccc34)n2)cc1. The molecule has 170 valence electrons. The van der Waals surface area contributed by atoms with Crippen molar-refractivity contribution in [2.75, 3.05) is 32.6 Å². The number of H-pyrrole nitrogens is 1. The molecule has 2 aromatic carbocycles. The molecular weight excluding hydrogens is 424 g/mol. The molecule has 1 amide bonds. The standard InChI is InChI=1S/C23H24N6O4/c1-29(14-13-24-22-17-5-3-4-6-18(17)23(31)27-26-22)20(30)12-11-19-25-21(28-33-19)15-7-9-16(32-2)10-8-15/h3-10H,11-14H2,1-2H3,(H,24,26)(H,27,31). The number of methoxy groups -OCH3 is 1. The lowest BCUT2D eigenvalue weighted by Crippen LogP contribution is -2.31. The van der Waals surface area contributed by atoms with Crippen LogP contribution in [0.15, 0.2) is 57.8 Å². The number of nitrogens with zero attached hydrogens (tertiary/aromatic N) is 4. The fourth-order valence-corrected chi connectivity index (χ4v) is 3.33. The molecular formula is C23H24N6O4. The van der Waals surface area contributed by atoms with Crippen molar-refractivity contribution in [3.8, 4) is 17.1 Å². The number of hydrogen-bond acceptors (Lipinski definition) is 8. The van der Waals surface area contributed by atoms with E-state index in [-0.39, 0.29) is 17.9 Å². The molecule has 0 fully saturated rings. The highest BCUT2D eigenvalue weighted by Gasteiger charge is 2.14. The summed E-state index contributed by atoms with van der Waals surface area (Å²) in [7, 11) is 3.34. The Balaban J connectivity index is 1.27. The van der Waals surface area contributed by atoms with Crippen LogP contribution in [0.2, 0.25) is 0 Å². The first-order chi connectivity index (χ1) is 16.0. The Labute approximate surface area is 189 Å². The fourth-order valence-electron chi connectivity index (χ4n) is 3.33. The zero-order valence-electron chi connectivity index (χ0n) is 18.4. The molecule has 0 aliphatic heterocycles. The summed E-state index contributed by atoms with van der Waals surface area (Å²) in [5, 5.41) is 15.0. The quantitative estimate of drug-likeness (QED) is 0.400. The van der Waals surface area contributed by atoms with E-state index < -0.39 is 0 Å². The van der Waals surface area contributed by atoms with Gasteiger partial charge in [-0.3, -0.25) is 9.59 Å². The molecule has 4 rings (SSSR count). The van der Waals surface area contributed by atoms with Crippen LogP contribution in [0, 0.1) is 0 Å². The number of aromatic nitrogens is 4. The largest absolute Gasteiger partial charge is 0.497 e. The third kappa shape index (κ3) is 5.17. The lowest BCUT2D eigenvalue weighted by molar-refractivity contribution is -0.129. The van der Waals surface area contributed by atoms with Crippen molar-refractivity contribution in [1.29, 1.82) is 0 Å². The molecule has 4 aromatic rings. The highest BCUT2D eigenvalue weighted by atomic mass is 16.5. The van der Waals surface area contributed by atoms with Crippen LogP contribution in [0.1, 0.15) is 12.3 Å². The number of fused-ring (bicyclic) bond motifs is 1. The average molecular weight is 448 g/mol. The highest BCUT2D eigenvalue weighted by Crippen LogP contribution is 2.20. The maximum Gasteiger partial charge on any atom is 0.272 e. The molecule has 0 radical (unpaired) electrons. The summed E-state index contributed by atoms with van der Waals surface area (Å²) < 4.78 is 10.4. The van der Waals surface area contributed by atoms with Gasteiger partial charge in [0.15, 0.2) is 5.82 Å². The second kappa shape index (κ2) is 9.94. The van der Waals surface area contributed by atoms with Crippen LogP contribution in [-0.2, 0) is 11.2 Å². The van der Waals surface area contributed by atoms with E-state index in [1.54, 1.807) is 31.2 Å². The van der Waals surface area contributed by atoms with Crippen LogP contribution in [0.3, 0.4) is 0 Å². The summed E-state index contributed by atoms with van der Waals surface area (Å²) in [4.78, 5) is 30.4. The van der Waals surface area contributed by atoms with Crippen LogP contribution < -0.4 is 15.6 Å². The topological polar surface area (TPSA) is 126 Å². The molecule has 0 aliphatic rings. The van der Waals surface area contributed by atoms with Gasteiger partial charge in [0.1, 0.15) is 5.75 Å². The molecule has 2 N–H and O–H groups in total. The molecule has 0 unspecified atom stereocenters. The van der Waals surface area contributed by atoms with E-state index >= 15 is 0 Å². The maximum absolute atomic E-state index is 12.5. The molecule has 10 heteroatoms. The Morgan fingerprint density at radius 3 is 2.67 bits per heavy atom. The predicted molar refractivity (Wildman–Crippen MR) is 123 cm³/mol. The van der Waals surface area contributed by atoms with E-state index in [1.165, 1.54) is 0 Å². The van der Waals surface area contributed by atoms with Crippen molar-refractivity contribution < 1.29 is 14.1 Å². The third-order valence-corrected chi connectivity index (χ3v) is 5.23. The molecule has 0 spiro atoms. The molecule has 0 saturated heterocycles. The van der Waals surface area contributed by atoms with E-state index in [1.807, 2.05) is 36.4 Å². The van der Waals surface area contributed by atoms with Crippen LogP contribution >= 0.6 is 0 Å². The summed E-state index contributed by atoms with van der Waals surface area (Å²) in [6.07, 6.45) is 0.604. The van der Waals surface area contributed by atoms with Gasteiger partial charge in [-0.25, -0.2) is 5.10 Å². The van der Waals surface area contributed by atoms with E-state index in [0.717, 1.165) is 16.7 Å². The van der Waals surface area contributed by atoms with E-state index in [9.17, 15) is 9.59 Å². The normalized spacial score (nSPS) is 10.8. The summed E-state index contributed by atoms with van der Waals surface area (Å²) in [6, 6.07) is 14.6. The minimum absolute atomic E-state index is 0.0414. The van der Waals surface area contributed by atoms with Gasteiger partial charge in [0.2, 0.25) is 17.6 Å². The highest BCUT2D eigenvalue weighted by molar-refractivity contribution is 5.90. The number of benzene rings is 2. The number of rotatable bonds is 9. The molecule has 0 bridgehead atoms. The van der Waals surface area contributed by atoms with Gasteiger partial charge in [-0.15, -0.1) is 0 Å². The summed E-state index contributed by atoms with van der Waals surface area (Å²) >= 11 is 0. The number of carbonyl (C=O) groups is 1. The van der Waals surface area contributed by atoms with Gasteiger partial charge in [0.05, 0.1) is 12.5 Å². The molecule has 2 aromatic heterocycles. The predicted octanol–water partition coefficient (Wildman–Crippen LogP) is 2.48. The zero-order valence-corrected chi connectivity index (χ0v) is 18.4. The number of aryl methyl sites for hydroxylation is 1. The molecule has 33 heavy (non-hydrogen) atoms. The van der Waals surface area contributed by atoms with Gasteiger partial charge in [0, 0.05) is 43.9 Å². The summed E-state index contributed by atoms with van der Waals surface area (Å²) in [5.41, 5.74) is 0.573. The van der Waals surface area contributed by atoms with E-state index in [4.69, 9.17) is 9.26 Å². The van der Waals surface area contributed by atoms with Gasteiger partial charge in [-0.1, -0.05) is 23.4 Å². The average Bonchev–Trinajstić information content (AvgIpc) is 3.33. The van der Waals surface area contributed by atoms with Crippen LogP contribution in [0.25, 0.3) is 22.2 Å². The number of amides is 1. The number of carbonyl (C=O) groups excluding carboxylic acids is 1. The minimum atomic E-state index is -0.236. The number of nitrogens with one attached hydrogen (secondary N) is 2. The Bertz CT molecular complexity index is 1300. The van der Waals surface area contributed by atoms with Gasteiger partial charge >= 0.3 is 0 Å². The Morgan fingerprint density at radius 1 is 1.15 bits per heavy atom. The van der Waals surface area contributed by atoms with Gasteiger partial charge in [0.25, 0.3) is 5.56 Å². The molecule has 10 nitrogen and oxygen atoms in total. The lowest BCUT2D eigenvalue weighted by Gasteiger charge is -2.17. The van der Waals surface area contributed by atoms with Crippen LogP contribution in [0.5, 0.6) is 5.75 Å². The molecule has 0 atom stereocenters. The van der Waals surface area contributed by atoms with Crippen molar-refractivity contribution >= 4 is 22.5 Å². The van der Waals surface area contributed by atoms with Gasteiger partial charge < -0.3 is 19.5 Å². The monoisotopic (exact) mass is 448 g/mol. The zero-order chi connectivity index (χ0) is 23.2. The number of aromatic amines is 1. The van der Waals surface area contributed by atoms with E-state index in [0.29, 0.717) is 42.4 Å². The number of hydrogen-bond donors (Lipinski definition) is 2. The molecule has 0 aliphatic carbocycles. The second-order valence-corrected chi connectivity index (χ2v) is 7.43. The van der Waals surface area contributed by atoms with Crippen molar-refractivity contribution in [1.82, 2.24) is 25.2 Å². The first-order valence-electron chi connectivity index (χ1n) is 10.5. The third-order valence-electron chi connectivity index (χ3n) is 5.23. The maximum atomic E-state index is 12.5. The van der Waals surface area contributed by atoms with Crippen molar-refractivity contribution in [3.63, 3.8) is 0 Å². The first-order valence-corrected chi connectivity index (χ1v) is 10.5. The van der Waals surface area contributed by atoms with E-state index in [2.05, 4.69) is 25.7 Å². The lowest BCUT2D eigenvalue weighted by atomic mass is 10.2. The Morgan fingerprint density at radius 2 is 1.91 bits per heavy atom. The number of anilines is 1. The van der Waals surface area contributed by atoms with Crippen LogP contribution in [-0.4, -0.2) is 58.4 Å². The minimum Gasteiger partial charge on any atom is -0.497 e.